The summed E-state index contributed by atoms with van der Waals surface area (Å²) in [6.45, 7) is 2.26. The standard InChI is InChI=1S/C11H22N2O4S2/c1-9(3-5-18(2)15)13-11(14)7-10-8-19(16,17)6-4-12-10/h9-10,12H,3-8H2,1-2H3,(H,13,14). The minimum atomic E-state index is -3.01. The molecule has 0 aromatic rings. The van der Waals surface area contributed by atoms with Gasteiger partial charge in [-0.25, -0.2) is 8.42 Å². The lowest BCUT2D eigenvalue weighted by atomic mass is 10.2. The highest BCUT2D eigenvalue weighted by atomic mass is 32.2. The van der Waals surface area contributed by atoms with E-state index in [1.807, 2.05) is 6.92 Å². The molecule has 3 unspecified atom stereocenters. The highest BCUT2D eigenvalue weighted by Crippen LogP contribution is 2.05. The molecule has 0 aromatic carbocycles. The Morgan fingerprint density at radius 1 is 1.53 bits per heavy atom. The van der Waals surface area contributed by atoms with Crippen LogP contribution in [0.4, 0.5) is 0 Å². The molecule has 0 spiro atoms. The van der Waals surface area contributed by atoms with Crippen molar-refractivity contribution in [2.75, 3.05) is 30.1 Å². The van der Waals surface area contributed by atoms with Crippen LogP contribution in [0.5, 0.6) is 0 Å². The van der Waals surface area contributed by atoms with Crippen LogP contribution in [0.2, 0.25) is 0 Å². The fourth-order valence-corrected chi connectivity index (χ4v) is 4.10. The molecule has 2 N–H and O–H groups in total. The smallest absolute Gasteiger partial charge is 0.221 e. The summed E-state index contributed by atoms with van der Waals surface area (Å²) in [4.78, 5) is 11.8. The molecule has 1 saturated heterocycles. The highest BCUT2D eigenvalue weighted by molar-refractivity contribution is 7.91. The number of sulfone groups is 1. The van der Waals surface area contributed by atoms with Crippen molar-refractivity contribution in [2.45, 2.75) is 31.8 Å². The Kier molecular flexibility index (Phi) is 6.41. The molecule has 1 aliphatic heterocycles. The van der Waals surface area contributed by atoms with E-state index in [0.717, 1.165) is 0 Å². The second-order valence-corrected chi connectivity index (χ2v) is 8.79. The van der Waals surface area contributed by atoms with Crippen LogP contribution in [-0.4, -0.2) is 60.7 Å². The minimum Gasteiger partial charge on any atom is -0.354 e. The zero-order valence-electron chi connectivity index (χ0n) is 11.3. The van der Waals surface area contributed by atoms with E-state index in [1.54, 1.807) is 6.26 Å². The van der Waals surface area contributed by atoms with E-state index in [0.29, 0.717) is 18.7 Å². The van der Waals surface area contributed by atoms with Crippen molar-refractivity contribution in [1.82, 2.24) is 10.6 Å². The van der Waals surface area contributed by atoms with E-state index in [1.165, 1.54) is 0 Å². The zero-order valence-corrected chi connectivity index (χ0v) is 13.0. The van der Waals surface area contributed by atoms with Gasteiger partial charge < -0.3 is 10.6 Å². The normalized spacial score (nSPS) is 25.5. The first-order valence-electron chi connectivity index (χ1n) is 6.31. The van der Waals surface area contributed by atoms with Gasteiger partial charge in [-0.05, 0) is 13.3 Å². The van der Waals surface area contributed by atoms with Gasteiger partial charge in [0.05, 0.1) is 11.5 Å². The molecular formula is C11H22N2O4S2. The predicted octanol–water partition coefficient (Wildman–Crippen LogP) is -0.964. The number of nitrogens with one attached hydrogen (secondary N) is 2. The van der Waals surface area contributed by atoms with Crippen LogP contribution in [-0.2, 0) is 25.4 Å². The molecule has 0 aliphatic carbocycles. The summed E-state index contributed by atoms with van der Waals surface area (Å²) in [6.07, 6.45) is 2.45. The Morgan fingerprint density at radius 3 is 2.79 bits per heavy atom. The van der Waals surface area contributed by atoms with Crippen LogP contribution in [0, 0.1) is 0 Å². The fourth-order valence-electron chi connectivity index (χ4n) is 1.97. The van der Waals surface area contributed by atoms with Gasteiger partial charge in [0.1, 0.15) is 0 Å². The lowest BCUT2D eigenvalue weighted by Gasteiger charge is -2.24. The fraction of sp³-hybridized carbons (Fsp3) is 0.909. The van der Waals surface area contributed by atoms with Crippen molar-refractivity contribution in [2.24, 2.45) is 0 Å². The number of hydrogen-bond acceptors (Lipinski definition) is 5. The van der Waals surface area contributed by atoms with Crippen molar-refractivity contribution < 1.29 is 17.4 Å². The molecule has 3 atom stereocenters. The summed E-state index contributed by atoms with van der Waals surface area (Å²) in [5, 5.41) is 5.84. The van der Waals surface area contributed by atoms with E-state index < -0.39 is 20.6 Å². The molecule has 0 bridgehead atoms. The van der Waals surface area contributed by atoms with E-state index in [4.69, 9.17) is 0 Å². The van der Waals surface area contributed by atoms with Gasteiger partial charge >= 0.3 is 0 Å². The van der Waals surface area contributed by atoms with Crippen LogP contribution in [0.15, 0.2) is 0 Å². The number of carbonyl (C=O) groups excluding carboxylic acids is 1. The molecule has 1 amide bonds. The molecule has 1 heterocycles. The number of amides is 1. The van der Waals surface area contributed by atoms with Crippen LogP contribution in [0.3, 0.4) is 0 Å². The molecule has 1 aliphatic rings. The Balaban J connectivity index is 2.32. The Morgan fingerprint density at radius 2 is 2.21 bits per heavy atom. The maximum absolute atomic E-state index is 11.8. The van der Waals surface area contributed by atoms with Crippen molar-refractivity contribution >= 4 is 26.5 Å². The first-order valence-corrected chi connectivity index (χ1v) is 9.86. The number of rotatable bonds is 6. The number of carbonyl (C=O) groups is 1. The van der Waals surface area contributed by atoms with Gasteiger partial charge in [-0.1, -0.05) is 0 Å². The summed E-state index contributed by atoms with van der Waals surface area (Å²) in [5.74, 6) is 0.554. The SMILES string of the molecule is CC(CCS(C)=O)NC(=O)CC1CS(=O)(=O)CCN1. The average Bonchev–Trinajstić information content (AvgIpc) is 2.24. The average molecular weight is 310 g/mol. The van der Waals surface area contributed by atoms with Gasteiger partial charge in [-0.2, -0.15) is 0 Å². The summed E-state index contributed by atoms with van der Waals surface area (Å²) >= 11 is 0. The molecular weight excluding hydrogens is 288 g/mol. The summed E-state index contributed by atoms with van der Waals surface area (Å²) < 4.78 is 33.8. The first-order chi connectivity index (χ1) is 8.78. The molecule has 1 fully saturated rings. The van der Waals surface area contributed by atoms with Crippen molar-refractivity contribution in [3.63, 3.8) is 0 Å². The quantitative estimate of drug-likeness (QED) is 0.659. The molecule has 0 aromatic heterocycles. The van der Waals surface area contributed by atoms with Gasteiger partial charge in [0.15, 0.2) is 9.84 Å². The second-order valence-electron chi connectivity index (χ2n) is 5.00. The largest absolute Gasteiger partial charge is 0.354 e. The van der Waals surface area contributed by atoms with E-state index in [9.17, 15) is 17.4 Å². The van der Waals surface area contributed by atoms with E-state index in [-0.39, 0.29) is 35.9 Å². The van der Waals surface area contributed by atoms with Gasteiger partial charge in [0.2, 0.25) is 5.91 Å². The Labute approximate surface area is 117 Å². The number of hydrogen-bond donors (Lipinski definition) is 2. The molecule has 8 heteroatoms. The van der Waals surface area contributed by atoms with Crippen LogP contribution in [0.1, 0.15) is 19.8 Å². The third kappa shape index (κ3) is 7.03. The van der Waals surface area contributed by atoms with Gasteiger partial charge in [0.25, 0.3) is 0 Å². The lowest BCUT2D eigenvalue weighted by Crippen LogP contribution is -2.48. The second kappa shape index (κ2) is 7.35. The maximum atomic E-state index is 11.8. The topological polar surface area (TPSA) is 92.3 Å². The highest BCUT2D eigenvalue weighted by Gasteiger charge is 2.26. The van der Waals surface area contributed by atoms with E-state index >= 15 is 0 Å². The molecule has 19 heavy (non-hydrogen) atoms. The molecule has 1 rings (SSSR count). The van der Waals surface area contributed by atoms with Crippen LogP contribution >= 0.6 is 0 Å². The third-order valence-electron chi connectivity index (χ3n) is 2.98. The van der Waals surface area contributed by atoms with Crippen molar-refractivity contribution in [3.05, 3.63) is 0 Å². The maximum Gasteiger partial charge on any atom is 0.221 e. The summed E-state index contributed by atoms with van der Waals surface area (Å²) in [7, 11) is -3.87. The Hall–Kier alpha value is -0.470. The van der Waals surface area contributed by atoms with Crippen LogP contribution < -0.4 is 10.6 Å². The van der Waals surface area contributed by atoms with Gasteiger partial charge in [0, 0.05) is 47.9 Å². The minimum absolute atomic E-state index is 0.0216. The lowest BCUT2D eigenvalue weighted by molar-refractivity contribution is -0.122. The monoisotopic (exact) mass is 310 g/mol. The van der Waals surface area contributed by atoms with Crippen LogP contribution in [0.25, 0.3) is 0 Å². The summed E-state index contributed by atoms with van der Waals surface area (Å²) in [6, 6.07) is -0.345. The molecule has 6 nitrogen and oxygen atoms in total. The van der Waals surface area contributed by atoms with Crippen molar-refractivity contribution in [3.8, 4) is 0 Å². The molecule has 0 saturated carbocycles. The zero-order chi connectivity index (χ0) is 14.5. The van der Waals surface area contributed by atoms with Gasteiger partial charge in [-0.15, -0.1) is 0 Å². The van der Waals surface area contributed by atoms with Crippen molar-refractivity contribution in [1.29, 1.82) is 0 Å². The first kappa shape index (κ1) is 16.6. The third-order valence-corrected chi connectivity index (χ3v) is 5.53. The predicted molar refractivity (Wildman–Crippen MR) is 76.2 cm³/mol. The Bertz CT molecular complexity index is 436. The molecule has 0 radical (unpaired) electrons. The van der Waals surface area contributed by atoms with Gasteiger partial charge in [-0.3, -0.25) is 9.00 Å². The summed E-state index contributed by atoms with van der Waals surface area (Å²) in [5.41, 5.74) is 0. The van der Waals surface area contributed by atoms with E-state index in [2.05, 4.69) is 10.6 Å². The molecule has 112 valence electrons.